The normalized spacial score (nSPS) is 22.3. The minimum atomic E-state index is -0.465. The molecule has 1 unspecified atom stereocenters. The number of rotatable bonds is 5. The summed E-state index contributed by atoms with van der Waals surface area (Å²) in [6.45, 7) is 5.48. The van der Waals surface area contributed by atoms with Gasteiger partial charge in [0.1, 0.15) is 0 Å². The summed E-state index contributed by atoms with van der Waals surface area (Å²) >= 11 is 0. The molecule has 1 aromatic carbocycles. The lowest BCUT2D eigenvalue weighted by Gasteiger charge is -2.22. The Labute approximate surface area is 130 Å². The molecule has 2 aromatic rings. The van der Waals surface area contributed by atoms with Crippen molar-refractivity contribution in [1.29, 1.82) is 0 Å². The molecule has 0 saturated carbocycles. The molecular formula is C17H23N3O2. The van der Waals surface area contributed by atoms with Gasteiger partial charge in [-0.25, -0.2) is 0 Å². The summed E-state index contributed by atoms with van der Waals surface area (Å²) in [4.78, 5) is 14.1. The number of H-pyrrole nitrogens is 1. The summed E-state index contributed by atoms with van der Waals surface area (Å²) in [6, 6.07) is 6.62. The predicted octanol–water partition coefficient (Wildman–Crippen LogP) is 1.46. The van der Waals surface area contributed by atoms with Gasteiger partial charge in [0.2, 0.25) is 0 Å². The van der Waals surface area contributed by atoms with E-state index in [9.17, 15) is 4.79 Å². The van der Waals surface area contributed by atoms with E-state index in [-0.39, 0.29) is 11.5 Å². The second kappa shape index (κ2) is 5.83. The molecule has 0 aliphatic carbocycles. The number of hydrogen-bond donors (Lipinski definition) is 3. The monoisotopic (exact) mass is 301 g/mol. The minimum absolute atomic E-state index is 0.0613. The Hall–Kier alpha value is -1.69. The largest absolute Gasteiger partial charge is 0.361 e. The van der Waals surface area contributed by atoms with Crippen molar-refractivity contribution < 1.29 is 9.53 Å². The first-order valence-electron chi connectivity index (χ1n) is 7.67. The van der Waals surface area contributed by atoms with Crippen molar-refractivity contribution in [3.63, 3.8) is 0 Å². The first-order chi connectivity index (χ1) is 10.5. The van der Waals surface area contributed by atoms with Gasteiger partial charge in [-0.15, -0.1) is 0 Å². The van der Waals surface area contributed by atoms with E-state index in [0.717, 1.165) is 18.2 Å². The van der Waals surface area contributed by atoms with E-state index in [0.29, 0.717) is 13.2 Å². The molecule has 2 atom stereocenters. The van der Waals surface area contributed by atoms with E-state index in [1.165, 1.54) is 16.5 Å². The van der Waals surface area contributed by atoms with E-state index < -0.39 is 6.23 Å². The number of carbonyl (C=O) groups excluding carboxylic acids is 1. The van der Waals surface area contributed by atoms with E-state index in [1.807, 2.05) is 0 Å². The third kappa shape index (κ3) is 2.79. The number of nitrogens with one attached hydrogen (secondary N) is 2. The standard InChI is InChI=1S/C17H23N3O2/c1-17(2,10-18)14-7-19-15-4-3-11(6-13(14)15)5-12-9-22-16(8-21)20-12/h3-4,6-8,12,16,19-20H,5,9-10,18H2,1-2H3/t12-,16?/m0/s1. The summed E-state index contributed by atoms with van der Waals surface area (Å²) in [5.41, 5.74) is 9.46. The van der Waals surface area contributed by atoms with Crippen LogP contribution in [0.15, 0.2) is 24.4 Å². The molecule has 4 N–H and O–H groups in total. The second-order valence-electron chi connectivity index (χ2n) is 6.63. The Morgan fingerprint density at radius 1 is 1.45 bits per heavy atom. The van der Waals surface area contributed by atoms with Crippen LogP contribution in [0.2, 0.25) is 0 Å². The predicted molar refractivity (Wildman–Crippen MR) is 86.8 cm³/mol. The summed E-state index contributed by atoms with van der Waals surface area (Å²) in [5, 5.41) is 4.39. The molecule has 0 spiro atoms. The molecule has 2 heterocycles. The van der Waals surface area contributed by atoms with Gasteiger partial charge < -0.3 is 15.5 Å². The number of benzene rings is 1. The third-order valence-electron chi connectivity index (χ3n) is 4.47. The Balaban J connectivity index is 1.86. The average Bonchev–Trinajstić information content (AvgIpc) is 3.13. The van der Waals surface area contributed by atoms with Crippen molar-refractivity contribution in [2.45, 2.75) is 38.0 Å². The topological polar surface area (TPSA) is 80.1 Å². The first kappa shape index (κ1) is 15.2. The number of ether oxygens (including phenoxy) is 1. The van der Waals surface area contributed by atoms with Crippen molar-refractivity contribution in [1.82, 2.24) is 10.3 Å². The molecule has 22 heavy (non-hydrogen) atoms. The van der Waals surface area contributed by atoms with Gasteiger partial charge in [-0.3, -0.25) is 10.1 Å². The second-order valence-corrected chi connectivity index (χ2v) is 6.63. The zero-order valence-electron chi connectivity index (χ0n) is 13.1. The van der Waals surface area contributed by atoms with Crippen LogP contribution in [-0.4, -0.2) is 36.7 Å². The van der Waals surface area contributed by atoms with Crippen LogP contribution < -0.4 is 11.1 Å². The smallest absolute Gasteiger partial charge is 0.164 e. The zero-order chi connectivity index (χ0) is 15.7. The van der Waals surface area contributed by atoms with E-state index in [4.69, 9.17) is 10.5 Å². The Kier molecular flexibility index (Phi) is 4.04. The Bertz CT molecular complexity index is 678. The van der Waals surface area contributed by atoms with Crippen LogP contribution >= 0.6 is 0 Å². The van der Waals surface area contributed by atoms with Crippen molar-refractivity contribution >= 4 is 17.2 Å². The van der Waals surface area contributed by atoms with Crippen molar-refractivity contribution in [2.24, 2.45) is 5.73 Å². The minimum Gasteiger partial charge on any atom is -0.361 e. The number of aromatic amines is 1. The fourth-order valence-corrected chi connectivity index (χ4v) is 2.99. The fourth-order valence-electron chi connectivity index (χ4n) is 2.99. The Morgan fingerprint density at radius 3 is 2.95 bits per heavy atom. The molecule has 1 aliphatic rings. The molecule has 1 aromatic heterocycles. The van der Waals surface area contributed by atoms with Crippen LogP contribution in [0.25, 0.3) is 10.9 Å². The molecule has 3 rings (SSSR count). The maximum Gasteiger partial charge on any atom is 0.164 e. The number of carbonyl (C=O) groups is 1. The van der Waals surface area contributed by atoms with Gasteiger partial charge >= 0.3 is 0 Å². The maximum atomic E-state index is 10.7. The van der Waals surface area contributed by atoms with Crippen molar-refractivity contribution in [2.75, 3.05) is 13.2 Å². The molecule has 1 saturated heterocycles. The van der Waals surface area contributed by atoms with Crippen LogP contribution in [0.3, 0.4) is 0 Å². The van der Waals surface area contributed by atoms with Crippen molar-refractivity contribution in [3.8, 4) is 0 Å². The van der Waals surface area contributed by atoms with Gasteiger partial charge in [-0.05, 0) is 29.7 Å². The van der Waals surface area contributed by atoms with Gasteiger partial charge in [-0.1, -0.05) is 19.9 Å². The molecule has 118 valence electrons. The first-order valence-corrected chi connectivity index (χ1v) is 7.67. The molecule has 5 nitrogen and oxygen atoms in total. The van der Waals surface area contributed by atoms with E-state index >= 15 is 0 Å². The van der Waals surface area contributed by atoms with Crippen LogP contribution in [0.4, 0.5) is 0 Å². The van der Waals surface area contributed by atoms with Gasteiger partial charge in [-0.2, -0.15) is 0 Å². The maximum absolute atomic E-state index is 10.7. The van der Waals surface area contributed by atoms with Gasteiger partial charge in [0.05, 0.1) is 6.61 Å². The van der Waals surface area contributed by atoms with Gasteiger partial charge in [0.15, 0.2) is 12.5 Å². The van der Waals surface area contributed by atoms with Gasteiger partial charge in [0.25, 0.3) is 0 Å². The molecule has 0 amide bonds. The van der Waals surface area contributed by atoms with Crippen LogP contribution in [0.5, 0.6) is 0 Å². The summed E-state index contributed by atoms with van der Waals surface area (Å²) in [5.74, 6) is 0. The number of fused-ring (bicyclic) bond motifs is 1. The molecule has 0 radical (unpaired) electrons. The highest BCUT2D eigenvalue weighted by Crippen LogP contribution is 2.30. The number of hydrogen-bond acceptors (Lipinski definition) is 4. The van der Waals surface area contributed by atoms with Crippen LogP contribution in [-0.2, 0) is 21.4 Å². The van der Waals surface area contributed by atoms with E-state index in [2.05, 4.69) is 48.5 Å². The number of nitrogens with two attached hydrogens (primary N) is 1. The van der Waals surface area contributed by atoms with Gasteiger partial charge in [0, 0.05) is 35.1 Å². The zero-order valence-corrected chi connectivity index (χ0v) is 13.1. The summed E-state index contributed by atoms with van der Waals surface area (Å²) in [6.07, 6.45) is 3.24. The third-order valence-corrected chi connectivity index (χ3v) is 4.47. The number of aldehydes is 1. The lowest BCUT2D eigenvalue weighted by atomic mass is 9.84. The summed E-state index contributed by atoms with van der Waals surface area (Å²) in [7, 11) is 0. The molecule has 0 bridgehead atoms. The molecule has 5 heteroatoms. The number of aromatic nitrogens is 1. The highest BCUT2D eigenvalue weighted by molar-refractivity contribution is 5.85. The van der Waals surface area contributed by atoms with Crippen molar-refractivity contribution in [3.05, 3.63) is 35.5 Å². The quantitative estimate of drug-likeness (QED) is 0.730. The molecule has 1 fully saturated rings. The lowest BCUT2D eigenvalue weighted by Crippen LogP contribution is -2.32. The van der Waals surface area contributed by atoms with Crippen LogP contribution in [0, 0.1) is 0 Å². The SMILES string of the molecule is CC(C)(CN)c1c[nH]c2ccc(C[C@H]3COC(C=O)N3)cc12. The highest BCUT2D eigenvalue weighted by Gasteiger charge is 2.25. The lowest BCUT2D eigenvalue weighted by molar-refractivity contribution is -0.116. The average molecular weight is 301 g/mol. The highest BCUT2D eigenvalue weighted by atomic mass is 16.5. The molecular weight excluding hydrogens is 278 g/mol. The fraction of sp³-hybridized carbons (Fsp3) is 0.471. The Morgan fingerprint density at radius 2 is 2.27 bits per heavy atom. The van der Waals surface area contributed by atoms with E-state index in [1.54, 1.807) is 0 Å². The van der Waals surface area contributed by atoms with Crippen LogP contribution in [0.1, 0.15) is 25.0 Å². The molecule has 1 aliphatic heterocycles. The summed E-state index contributed by atoms with van der Waals surface area (Å²) < 4.78 is 5.35.